The predicted octanol–water partition coefficient (Wildman–Crippen LogP) is 4.02. The minimum Gasteiger partial charge on any atom is -0.352 e. The van der Waals surface area contributed by atoms with Gasteiger partial charge in [-0.05, 0) is 56.4 Å². The van der Waals surface area contributed by atoms with Gasteiger partial charge in [0.05, 0.1) is 5.57 Å². The van der Waals surface area contributed by atoms with Crippen molar-refractivity contribution in [3.8, 4) is 0 Å². The lowest BCUT2D eigenvalue weighted by Crippen LogP contribution is -2.28. The van der Waals surface area contributed by atoms with Gasteiger partial charge in [0.25, 0.3) is 5.91 Å². The number of amides is 1. The van der Waals surface area contributed by atoms with E-state index in [0.29, 0.717) is 6.54 Å². The van der Waals surface area contributed by atoms with E-state index in [1.807, 2.05) is 50.2 Å². The molecule has 2 aromatic rings. The molecular formula is C22H25NO2. The molecule has 0 aromatic heterocycles. The Bertz CT molecular complexity index is 776. The average Bonchev–Trinajstić information content (AvgIpc) is 2.60. The minimum absolute atomic E-state index is 0.202. The van der Waals surface area contributed by atoms with Gasteiger partial charge in [-0.2, -0.15) is 0 Å². The third kappa shape index (κ3) is 5.71. The maximum Gasteiger partial charge on any atom is 0.254 e. The molecular weight excluding hydrogens is 310 g/mol. The number of Topliss-reactive ketones (excluding diaryl/α,β-unsaturated/α-hetero) is 1. The average molecular weight is 335 g/mol. The molecule has 2 aromatic carbocycles. The fourth-order valence-corrected chi connectivity index (χ4v) is 2.63. The van der Waals surface area contributed by atoms with Crippen LogP contribution in [-0.2, 0) is 16.0 Å². The van der Waals surface area contributed by atoms with Gasteiger partial charge in [-0.25, -0.2) is 0 Å². The van der Waals surface area contributed by atoms with Crippen molar-refractivity contribution in [2.24, 2.45) is 0 Å². The fraction of sp³-hybridized carbons (Fsp3) is 0.273. The van der Waals surface area contributed by atoms with Crippen molar-refractivity contribution in [3.05, 3.63) is 76.4 Å². The van der Waals surface area contributed by atoms with Gasteiger partial charge in [0.2, 0.25) is 0 Å². The van der Waals surface area contributed by atoms with Gasteiger partial charge >= 0.3 is 0 Å². The van der Waals surface area contributed by atoms with E-state index in [9.17, 15) is 9.59 Å². The third-order valence-corrected chi connectivity index (χ3v) is 4.13. The predicted molar refractivity (Wildman–Crippen MR) is 102 cm³/mol. The van der Waals surface area contributed by atoms with Crippen molar-refractivity contribution in [3.63, 3.8) is 0 Å². The zero-order valence-corrected chi connectivity index (χ0v) is 15.1. The molecule has 0 fully saturated rings. The molecule has 0 atom stereocenters. The van der Waals surface area contributed by atoms with Crippen LogP contribution in [0.3, 0.4) is 0 Å². The van der Waals surface area contributed by atoms with Crippen LogP contribution in [0.1, 0.15) is 35.6 Å². The quantitative estimate of drug-likeness (QED) is 0.359. The van der Waals surface area contributed by atoms with E-state index < -0.39 is 0 Å². The van der Waals surface area contributed by atoms with Gasteiger partial charge in [-0.15, -0.1) is 0 Å². The Kier molecular flexibility index (Phi) is 6.70. The molecule has 130 valence electrons. The summed E-state index contributed by atoms with van der Waals surface area (Å²) in [7, 11) is 0. The van der Waals surface area contributed by atoms with Crippen LogP contribution in [0.15, 0.2) is 54.1 Å². The number of rotatable bonds is 7. The van der Waals surface area contributed by atoms with Crippen LogP contribution in [0.25, 0.3) is 6.08 Å². The maximum atomic E-state index is 12.4. The Morgan fingerprint density at radius 1 is 1.04 bits per heavy atom. The van der Waals surface area contributed by atoms with E-state index in [4.69, 9.17) is 0 Å². The number of aryl methyl sites for hydroxylation is 3. The first-order valence-corrected chi connectivity index (χ1v) is 8.59. The minimum atomic E-state index is -0.304. The highest BCUT2D eigenvalue weighted by Gasteiger charge is 2.14. The van der Waals surface area contributed by atoms with Crippen LogP contribution >= 0.6 is 0 Å². The second kappa shape index (κ2) is 8.97. The van der Waals surface area contributed by atoms with E-state index >= 15 is 0 Å². The number of benzene rings is 2. The standard InChI is InChI=1S/C22H25NO2/c1-16-11-12-17(2)20(14-16)15-21(18(3)24)22(25)23-13-7-10-19-8-5-4-6-9-19/h4-6,8-9,11-12,14-15H,7,10,13H2,1-3H3,(H,23,25)/b21-15-. The molecule has 2 rings (SSSR count). The molecule has 0 aliphatic rings. The Morgan fingerprint density at radius 2 is 1.76 bits per heavy atom. The monoisotopic (exact) mass is 335 g/mol. The molecule has 0 radical (unpaired) electrons. The third-order valence-electron chi connectivity index (χ3n) is 4.13. The lowest BCUT2D eigenvalue weighted by atomic mass is 10.0. The van der Waals surface area contributed by atoms with E-state index in [1.165, 1.54) is 12.5 Å². The van der Waals surface area contributed by atoms with Crippen LogP contribution in [0, 0.1) is 13.8 Å². The van der Waals surface area contributed by atoms with Gasteiger partial charge in [-0.1, -0.05) is 54.1 Å². The van der Waals surface area contributed by atoms with Gasteiger partial charge in [0.15, 0.2) is 5.78 Å². The summed E-state index contributed by atoms with van der Waals surface area (Å²) in [5.74, 6) is -0.525. The molecule has 0 unspecified atom stereocenters. The lowest BCUT2D eigenvalue weighted by molar-refractivity contribution is -0.121. The normalized spacial score (nSPS) is 11.2. The maximum absolute atomic E-state index is 12.4. The smallest absolute Gasteiger partial charge is 0.254 e. The molecule has 3 heteroatoms. The number of nitrogens with one attached hydrogen (secondary N) is 1. The number of hydrogen-bond acceptors (Lipinski definition) is 2. The summed E-state index contributed by atoms with van der Waals surface area (Å²) in [6.45, 7) is 5.94. The number of carbonyl (C=O) groups is 2. The Labute approximate surface area is 149 Å². The zero-order valence-electron chi connectivity index (χ0n) is 15.1. The first kappa shape index (κ1) is 18.7. The van der Waals surface area contributed by atoms with Crippen molar-refractivity contribution < 1.29 is 9.59 Å². The highest BCUT2D eigenvalue weighted by Crippen LogP contribution is 2.15. The topological polar surface area (TPSA) is 46.2 Å². The van der Waals surface area contributed by atoms with Crippen molar-refractivity contribution in [2.45, 2.75) is 33.6 Å². The second-order valence-corrected chi connectivity index (χ2v) is 6.32. The highest BCUT2D eigenvalue weighted by molar-refractivity contribution is 6.21. The van der Waals surface area contributed by atoms with Crippen LogP contribution in [0.2, 0.25) is 0 Å². The zero-order chi connectivity index (χ0) is 18.2. The molecule has 0 aliphatic carbocycles. The second-order valence-electron chi connectivity index (χ2n) is 6.32. The van der Waals surface area contributed by atoms with Gasteiger partial charge in [0.1, 0.15) is 0 Å². The summed E-state index contributed by atoms with van der Waals surface area (Å²) < 4.78 is 0. The molecule has 0 spiro atoms. The SMILES string of the molecule is CC(=O)/C(=C/c1cc(C)ccc1C)C(=O)NCCCc1ccccc1. The van der Waals surface area contributed by atoms with Crippen molar-refractivity contribution >= 4 is 17.8 Å². The first-order valence-electron chi connectivity index (χ1n) is 8.59. The molecule has 1 amide bonds. The molecule has 1 N–H and O–H groups in total. The number of ketones is 1. The molecule has 25 heavy (non-hydrogen) atoms. The van der Waals surface area contributed by atoms with Gasteiger partial charge in [0, 0.05) is 6.54 Å². The van der Waals surface area contributed by atoms with Crippen LogP contribution < -0.4 is 5.32 Å². The highest BCUT2D eigenvalue weighted by atomic mass is 16.2. The molecule has 0 aliphatic heterocycles. The summed E-state index contributed by atoms with van der Waals surface area (Å²) in [6.07, 6.45) is 3.43. The summed E-state index contributed by atoms with van der Waals surface area (Å²) in [5, 5.41) is 2.86. The molecule has 0 saturated carbocycles. The van der Waals surface area contributed by atoms with E-state index in [-0.39, 0.29) is 17.3 Å². The van der Waals surface area contributed by atoms with E-state index in [2.05, 4.69) is 17.4 Å². The largest absolute Gasteiger partial charge is 0.352 e. The molecule has 0 heterocycles. The number of hydrogen-bond donors (Lipinski definition) is 1. The summed E-state index contributed by atoms with van der Waals surface area (Å²) in [6, 6.07) is 16.2. The van der Waals surface area contributed by atoms with Crippen molar-refractivity contribution in [1.29, 1.82) is 0 Å². The van der Waals surface area contributed by atoms with E-state index in [0.717, 1.165) is 29.5 Å². The summed E-state index contributed by atoms with van der Waals surface area (Å²) >= 11 is 0. The first-order chi connectivity index (χ1) is 12.0. The summed E-state index contributed by atoms with van der Waals surface area (Å²) in [5.41, 5.74) is 4.50. The van der Waals surface area contributed by atoms with Crippen LogP contribution in [0.4, 0.5) is 0 Å². The molecule has 0 bridgehead atoms. The molecule has 3 nitrogen and oxygen atoms in total. The van der Waals surface area contributed by atoms with Crippen LogP contribution in [-0.4, -0.2) is 18.2 Å². The van der Waals surface area contributed by atoms with Gasteiger partial charge in [-0.3, -0.25) is 9.59 Å². The fourth-order valence-electron chi connectivity index (χ4n) is 2.63. The van der Waals surface area contributed by atoms with E-state index in [1.54, 1.807) is 6.08 Å². The Balaban J connectivity index is 1.99. The summed E-state index contributed by atoms with van der Waals surface area (Å²) in [4.78, 5) is 24.3. The van der Waals surface area contributed by atoms with Gasteiger partial charge < -0.3 is 5.32 Å². The Morgan fingerprint density at radius 3 is 2.44 bits per heavy atom. The number of carbonyl (C=O) groups excluding carboxylic acids is 2. The molecule has 0 saturated heterocycles. The van der Waals surface area contributed by atoms with Crippen LogP contribution in [0.5, 0.6) is 0 Å². The van der Waals surface area contributed by atoms with Crippen molar-refractivity contribution in [2.75, 3.05) is 6.54 Å². The lowest BCUT2D eigenvalue weighted by Gasteiger charge is -2.08. The van der Waals surface area contributed by atoms with Crippen molar-refractivity contribution in [1.82, 2.24) is 5.32 Å². The Hall–Kier alpha value is -2.68.